The number of hydrogen-bond acceptors (Lipinski definition) is 5. The lowest BCUT2D eigenvalue weighted by atomic mass is 9.94. The zero-order valence-corrected chi connectivity index (χ0v) is 8.62. The van der Waals surface area contributed by atoms with Crippen LogP contribution in [0.25, 0.3) is 0 Å². The normalized spacial score (nSPS) is 13.9. The van der Waals surface area contributed by atoms with E-state index in [0.717, 1.165) is 7.11 Å². The largest absolute Gasteiger partial charge is 0.466 e. The number of nitro groups is 1. The first kappa shape index (κ1) is 12.1. The lowest BCUT2D eigenvalue weighted by molar-refractivity contribution is -0.499. The summed E-state index contributed by atoms with van der Waals surface area (Å²) in [6.07, 6.45) is 0. The highest BCUT2D eigenvalue weighted by Crippen LogP contribution is 2.22. The number of benzene rings is 1. The van der Waals surface area contributed by atoms with Gasteiger partial charge in [0.25, 0.3) is 5.60 Å². The number of aliphatic hydroxyl groups is 1. The second-order valence-electron chi connectivity index (χ2n) is 3.21. The average molecular weight is 225 g/mol. The number of carbonyl (C=O) groups excluding carboxylic acids is 1. The molecule has 1 atom stereocenters. The van der Waals surface area contributed by atoms with Gasteiger partial charge in [-0.1, -0.05) is 30.3 Å². The van der Waals surface area contributed by atoms with Crippen LogP contribution < -0.4 is 0 Å². The third kappa shape index (κ3) is 2.34. The van der Waals surface area contributed by atoms with Gasteiger partial charge in [-0.25, -0.2) is 4.79 Å². The van der Waals surface area contributed by atoms with E-state index in [-0.39, 0.29) is 5.56 Å². The zero-order chi connectivity index (χ0) is 12.2. The van der Waals surface area contributed by atoms with Crippen LogP contribution in [0.15, 0.2) is 30.3 Å². The maximum atomic E-state index is 11.4. The molecule has 0 aliphatic heterocycles. The molecular weight excluding hydrogens is 214 g/mol. The first-order chi connectivity index (χ1) is 7.50. The fraction of sp³-hybridized carbons (Fsp3) is 0.300. The van der Waals surface area contributed by atoms with Crippen molar-refractivity contribution in [3.05, 3.63) is 46.0 Å². The van der Waals surface area contributed by atoms with Crippen molar-refractivity contribution >= 4 is 5.97 Å². The molecule has 6 heteroatoms. The maximum absolute atomic E-state index is 11.4. The van der Waals surface area contributed by atoms with Crippen LogP contribution in [0.1, 0.15) is 5.56 Å². The molecule has 0 saturated carbocycles. The number of carbonyl (C=O) groups is 1. The first-order valence-electron chi connectivity index (χ1n) is 4.49. The van der Waals surface area contributed by atoms with Gasteiger partial charge < -0.3 is 9.84 Å². The van der Waals surface area contributed by atoms with Crippen LogP contribution in [0.4, 0.5) is 0 Å². The van der Waals surface area contributed by atoms with E-state index in [1.54, 1.807) is 18.2 Å². The highest BCUT2D eigenvalue weighted by Gasteiger charge is 2.44. The van der Waals surface area contributed by atoms with Crippen LogP contribution in [0.3, 0.4) is 0 Å². The molecule has 0 saturated heterocycles. The summed E-state index contributed by atoms with van der Waals surface area (Å²) in [6, 6.07) is 7.68. The molecule has 0 fully saturated rings. The van der Waals surface area contributed by atoms with Crippen molar-refractivity contribution in [3.8, 4) is 0 Å². The number of methoxy groups -OCH3 is 1. The quantitative estimate of drug-likeness (QED) is 0.453. The molecule has 0 heterocycles. The fourth-order valence-corrected chi connectivity index (χ4v) is 1.34. The summed E-state index contributed by atoms with van der Waals surface area (Å²) in [7, 11) is 1.07. The predicted molar refractivity (Wildman–Crippen MR) is 54.2 cm³/mol. The third-order valence-corrected chi connectivity index (χ3v) is 2.13. The molecule has 0 bridgehead atoms. The molecule has 0 radical (unpaired) electrons. The van der Waals surface area contributed by atoms with Crippen LogP contribution in [0.2, 0.25) is 0 Å². The van der Waals surface area contributed by atoms with Crippen LogP contribution in [0.5, 0.6) is 0 Å². The van der Waals surface area contributed by atoms with Gasteiger partial charge in [0, 0.05) is 10.5 Å². The number of ether oxygens (including phenoxy) is 1. The minimum absolute atomic E-state index is 0.138. The van der Waals surface area contributed by atoms with E-state index in [0.29, 0.717) is 0 Å². The molecule has 16 heavy (non-hydrogen) atoms. The summed E-state index contributed by atoms with van der Waals surface area (Å²) in [5, 5.41) is 20.5. The molecule has 0 aromatic heterocycles. The van der Waals surface area contributed by atoms with E-state index < -0.39 is 23.0 Å². The molecule has 0 spiro atoms. The van der Waals surface area contributed by atoms with Gasteiger partial charge in [-0.2, -0.15) is 0 Å². The molecule has 1 N–H and O–H groups in total. The molecule has 0 aliphatic rings. The molecule has 6 nitrogen and oxygen atoms in total. The maximum Gasteiger partial charge on any atom is 0.349 e. The van der Waals surface area contributed by atoms with Gasteiger partial charge in [0.1, 0.15) is 0 Å². The van der Waals surface area contributed by atoms with Gasteiger partial charge in [-0.05, 0) is 0 Å². The SMILES string of the molecule is COC(=O)[C@@](O)(C[N+](=O)[O-])c1ccccc1. The van der Waals surface area contributed by atoms with E-state index in [1.165, 1.54) is 12.1 Å². The summed E-state index contributed by atoms with van der Waals surface area (Å²) in [5.74, 6) is -1.05. The Morgan fingerprint density at radius 3 is 2.50 bits per heavy atom. The van der Waals surface area contributed by atoms with Gasteiger partial charge in [-0.3, -0.25) is 10.1 Å². The minimum atomic E-state index is -2.24. The predicted octanol–water partition coefficient (Wildman–Crippen LogP) is 0.324. The van der Waals surface area contributed by atoms with Crippen molar-refractivity contribution in [2.45, 2.75) is 5.60 Å². The van der Waals surface area contributed by atoms with Crippen molar-refractivity contribution in [2.24, 2.45) is 0 Å². The molecule has 1 aromatic carbocycles. The monoisotopic (exact) mass is 225 g/mol. The summed E-state index contributed by atoms with van der Waals surface area (Å²) in [6.45, 7) is -0.927. The van der Waals surface area contributed by atoms with Crippen LogP contribution in [-0.2, 0) is 15.1 Å². The molecular formula is C10H11NO5. The average Bonchev–Trinajstić information content (AvgIpc) is 2.28. The van der Waals surface area contributed by atoms with Crippen molar-refractivity contribution in [2.75, 3.05) is 13.7 Å². The Hall–Kier alpha value is -1.95. The van der Waals surface area contributed by atoms with E-state index >= 15 is 0 Å². The number of esters is 1. The summed E-state index contributed by atoms with van der Waals surface area (Å²) in [5.41, 5.74) is -2.10. The van der Waals surface area contributed by atoms with Gasteiger partial charge in [-0.15, -0.1) is 0 Å². The second-order valence-corrected chi connectivity index (χ2v) is 3.21. The van der Waals surface area contributed by atoms with Gasteiger partial charge in [0.2, 0.25) is 6.54 Å². The Morgan fingerprint density at radius 1 is 1.50 bits per heavy atom. The Balaban J connectivity index is 3.14. The Morgan fingerprint density at radius 2 is 2.06 bits per heavy atom. The summed E-state index contributed by atoms with van der Waals surface area (Å²) < 4.78 is 4.38. The number of nitrogens with zero attached hydrogens (tertiary/aromatic N) is 1. The van der Waals surface area contributed by atoms with Gasteiger partial charge in [0.05, 0.1) is 7.11 Å². The summed E-state index contributed by atoms with van der Waals surface area (Å²) in [4.78, 5) is 21.1. The second kappa shape index (κ2) is 4.71. The molecule has 0 aliphatic carbocycles. The highest BCUT2D eigenvalue weighted by atomic mass is 16.6. The Bertz CT molecular complexity index is 391. The minimum Gasteiger partial charge on any atom is -0.466 e. The van der Waals surface area contributed by atoms with E-state index in [9.17, 15) is 20.0 Å². The standard InChI is InChI=1S/C10H11NO5/c1-16-9(12)10(13,7-11(14)15)8-5-3-2-4-6-8/h2-6,13H,7H2,1H3/t10-/m1/s1. The van der Waals surface area contributed by atoms with Gasteiger partial charge >= 0.3 is 5.97 Å². The lowest BCUT2D eigenvalue weighted by Gasteiger charge is -2.21. The van der Waals surface area contributed by atoms with Crippen LogP contribution in [0, 0.1) is 10.1 Å². The van der Waals surface area contributed by atoms with Crippen LogP contribution in [-0.4, -0.2) is 29.7 Å². The highest BCUT2D eigenvalue weighted by molar-refractivity contribution is 5.81. The number of rotatable bonds is 4. The van der Waals surface area contributed by atoms with E-state index in [1.807, 2.05) is 0 Å². The molecule has 1 rings (SSSR count). The number of hydrogen-bond donors (Lipinski definition) is 1. The third-order valence-electron chi connectivity index (χ3n) is 2.13. The van der Waals surface area contributed by atoms with E-state index in [2.05, 4.69) is 4.74 Å². The Labute approximate surface area is 91.6 Å². The van der Waals surface area contributed by atoms with Crippen molar-refractivity contribution < 1.29 is 19.6 Å². The van der Waals surface area contributed by atoms with Crippen molar-refractivity contribution in [1.29, 1.82) is 0 Å². The van der Waals surface area contributed by atoms with Crippen molar-refractivity contribution in [3.63, 3.8) is 0 Å². The molecule has 1 aromatic rings. The van der Waals surface area contributed by atoms with Crippen molar-refractivity contribution in [1.82, 2.24) is 0 Å². The van der Waals surface area contributed by atoms with Crippen LogP contribution >= 0.6 is 0 Å². The summed E-state index contributed by atoms with van der Waals surface area (Å²) >= 11 is 0. The fourth-order valence-electron chi connectivity index (χ4n) is 1.34. The Kier molecular flexibility index (Phi) is 3.57. The lowest BCUT2D eigenvalue weighted by Crippen LogP contribution is -2.43. The topological polar surface area (TPSA) is 89.7 Å². The smallest absolute Gasteiger partial charge is 0.349 e. The molecule has 0 amide bonds. The van der Waals surface area contributed by atoms with E-state index in [4.69, 9.17) is 0 Å². The first-order valence-corrected chi connectivity index (χ1v) is 4.49. The molecule has 86 valence electrons. The molecule has 0 unspecified atom stereocenters. The zero-order valence-electron chi connectivity index (χ0n) is 8.62. The van der Waals surface area contributed by atoms with Gasteiger partial charge in [0.15, 0.2) is 0 Å².